The second-order valence-electron chi connectivity index (χ2n) is 6.45. The number of nitrogens with one attached hydrogen (secondary N) is 1. The van der Waals surface area contributed by atoms with Gasteiger partial charge in [0.1, 0.15) is 5.75 Å². The molecule has 0 saturated carbocycles. The summed E-state index contributed by atoms with van der Waals surface area (Å²) in [6.45, 7) is 0.702. The zero-order chi connectivity index (χ0) is 20.9. The zero-order valence-electron chi connectivity index (χ0n) is 15.7. The average Bonchev–Trinajstić information content (AvgIpc) is 3.36. The summed E-state index contributed by atoms with van der Waals surface area (Å²) in [5, 5.41) is 12.6. The summed E-state index contributed by atoms with van der Waals surface area (Å²) in [7, 11) is 0. The Morgan fingerprint density at radius 3 is 2.50 bits per heavy atom. The quantitative estimate of drug-likeness (QED) is 0.450. The summed E-state index contributed by atoms with van der Waals surface area (Å²) in [6.07, 6.45) is 3.45. The van der Waals surface area contributed by atoms with Crippen LogP contribution in [0.5, 0.6) is 5.75 Å². The highest BCUT2D eigenvalue weighted by molar-refractivity contribution is 6.30. The van der Waals surface area contributed by atoms with Crippen molar-refractivity contribution in [3.63, 3.8) is 0 Å². The fraction of sp³-hybridized carbons (Fsp3) is 0.0952. The van der Waals surface area contributed by atoms with E-state index in [-0.39, 0.29) is 18.3 Å². The fourth-order valence-electron chi connectivity index (χ4n) is 2.77. The lowest BCUT2D eigenvalue weighted by Crippen LogP contribution is -2.15. The number of hydrogen-bond acceptors (Lipinski definition) is 4. The normalized spacial score (nSPS) is 10.7. The highest BCUT2D eigenvalue weighted by atomic mass is 35.5. The number of benzene rings is 2. The monoisotopic (exact) mass is 441 g/mol. The Bertz CT molecular complexity index is 1170. The number of aromatic nitrogens is 4. The lowest BCUT2D eigenvalue weighted by atomic mass is 10.2. The van der Waals surface area contributed by atoms with Gasteiger partial charge >= 0.3 is 0 Å². The Morgan fingerprint density at radius 1 is 0.933 bits per heavy atom. The van der Waals surface area contributed by atoms with Crippen LogP contribution in [0.3, 0.4) is 0 Å². The van der Waals surface area contributed by atoms with Gasteiger partial charge < -0.3 is 10.1 Å². The highest BCUT2D eigenvalue weighted by Crippen LogP contribution is 2.17. The minimum absolute atomic E-state index is 0.155. The molecule has 152 valence electrons. The maximum atomic E-state index is 12.4. The van der Waals surface area contributed by atoms with Crippen LogP contribution in [0.2, 0.25) is 10.0 Å². The number of carbonyl (C=O) groups excluding carboxylic acids is 1. The molecule has 7 nitrogen and oxygen atoms in total. The maximum Gasteiger partial charge on any atom is 0.277 e. The SMILES string of the molecule is O=C(Nc1ccn(Cc2cccc(Cl)c2)n1)c1ccn(COc2cccc(Cl)c2)n1. The Labute approximate surface area is 182 Å². The number of anilines is 1. The number of ether oxygens (including phenoxy) is 1. The molecule has 0 saturated heterocycles. The van der Waals surface area contributed by atoms with E-state index >= 15 is 0 Å². The first-order valence-corrected chi connectivity index (χ1v) is 9.82. The van der Waals surface area contributed by atoms with Gasteiger partial charge in [0.2, 0.25) is 0 Å². The number of carbonyl (C=O) groups is 1. The Balaban J connectivity index is 1.34. The Morgan fingerprint density at radius 2 is 1.70 bits per heavy atom. The summed E-state index contributed by atoms with van der Waals surface area (Å²) in [4.78, 5) is 12.4. The van der Waals surface area contributed by atoms with E-state index in [4.69, 9.17) is 27.9 Å². The van der Waals surface area contributed by atoms with E-state index in [0.29, 0.717) is 28.2 Å². The van der Waals surface area contributed by atoms with Crippen molar-refractivity contribution in [1.82, 2.24) is 19.6 Å². The predicted octanol–water partition coefficient (Wildman–Crippen LogP) is 4.72. The molecule has 0 aliphatic heterocycles. The van der Waals surface area contributed by atoms with Gasteiger partial charge in [-0.25, -0.2) is 4.68 Å². The van der Waals surface area contributed by atoms with Gasteiger partial charge in [-0.1, -0.05) is 41.4 Å². The van der Waals surface area contributed by atoms with Gasteiger partial charge in [0.25, 0.3) is 5.91 Å². The van der Waals surface area contributed by atoms with E-state index < -0.39 is 0 Å². The van der Waals surface area contributed by atoms with E-state index in [1.54, 1.807) is 53.5 Å². The molecule has 0 spiro atoms. The number of hydrogen-bond donors (Lipinski definition) is 1. The van der Waals surface area contributed by atoms with Crippen LogP contribution in [-0.4, -0.2) is 25.5 Å². The predicted molar refractivity (Wildman–Crippen MR) is 115 cm³/mol. The van der Waals surface area contributed by atoms with Crippen LogP contribution >= 0.6 is 23.2 Å². The van der Waals surface area contributed by atoms with E-state index in [9.17, 15) is 4.79 Å². The maximum absolute atomic E-state index is 12.4. The second kappa shape index (κ2) is 9.02. The third-order valence-electron chi connectivity index (χ3n) is 4.15. The van der Waals surface area contributed by atoms with Crippen molar-refractivity contribution in [2.45, 2.75) is 13.3 Å². The third kappa shape index (κ3) is 5.20. The molecule has 0 aliphatic carbocycles. The fourth-order valence-corrected chi connectivity index (χ4v) is 3.16. The van der Waals surface area contributed by atoms with Crippen molar-refractivity contribution in [3.8, 4) is 5.75 Å². The van der Waals surface area contributed by atoms with Crippen LogP contribution in [0.25, 0.3) is 0 Å². The Kier molecular flexibility index (Phi) is 6.02. The van der Waals surface area contributed by atoms with Crippen molar-refractivity contribution in [2.24, 2.45) is 0 Å². The molecule has 0 unspecified atom stereocenters. The second-order valence-corrected chi connectivity index (χ2v) is 7.33. The van der Waals surface area contributed by atoms with Gasteiger partial charge in [0.05, 0.1) is 6.54 Å². The summed E-state index contributed by atoms with van der Waals surface area (Å²) in [5.74, 6) is 0.700. The topological polar surface area (TPSA) is 74.0 Å². The first-order chi connectivity index (χ1) is 14.5. The molecular weight excluding hydrogens is 425 g/mol. The summed E-state index contributed by atoms with van der Waals surface area (Å²) < 4.78 is 8.85. The molecule has 1 N–H and O–H groups in total. The van der Waals surface area contributed by atoms with Crippen molar-refractivity contribution in [3.05, 3.63) is 94.4 Å². The van der Waals surface area contributed by atoms with E-state index in [0.717, 1.165) is 5.56 Å². The van der Waals surface area contributed by atoms with Crippen LogP contribution in [0.1, 0.15) is 16.1 Å². The van der Waals surface area contributed by atoms with Crippen molar-refractivity contribution in [2.75, 3.05) is 5.32 Å². The van der Waals surface area contributed by atoms with Gasteiger partial charge in [-0.2, -0.15) is 10.2 Å². The van der Waals surface area contributed by atoms with Crippen molar-refractivity contribution >= 4 is 34.9 Å². The molecule has 0 fully saturated rings. The number of amides is 1. The molecule has 2 aromatic carbocycles. The molecule has 4 aromatic rings. The smallest absolute Gasteiger partial charge is 0.277 e. The number of halogens is 2. The van der Waals surface area contributed by atoms with Crippen molar-refractivity contribution in [1.29, 1.82) is 0 Å². The summed E-state index contributed by atoms with van der Waals surface area (Å²) in [6, 6.07) is 17.9. The van der Waals surface area contributed by atoms with E-state index in [2.05, 4.69) is 15.5 Å². The molecular formula is C21H17Cl2N5O2. The average molecular weight is 442 g/mol. The van der Waals surface area contributed by atoms with Crippen molar-refractivity contribution < 1.29 is 9.53 Å². The van der Waals surface area contributed by atoms with Gasteiger partial charge in [-0.15, -0.1) is 0 Å². The largest absolute Gasteiger partial charge is 0.471 e. The van der Waals surface area contributed by atoms with Gasteiger partial charge in [-0.3, -0.25) is 9.48 Å². The van der Waals surface area contributed by atoms with E-state index in [1.165, 1.54) is 4.68 Å². The van der Waals surface area contributed by atoms with Crippen LogP contribution in [0, 0.1) is 0 Å². The summed E-state index contributed by atoms with van der Waals surface area (Å²) in [5.41, 5.74) is 1.27. The number of rotatable bonds is 7. The van der Waals surface area contributed by atoms with Crippen LogP contribution in [0.15, 0.2) is 73.1 Å². The molecule has 0 radical (unpaired) electrons. The minimum Gasteiger partial charge on any atom is -0.471 e. The van der Waals surface area contributed by atoms with Gasteiger partial charge in [0, 0.05) is 28.5 Å². The van der Waals surface area contributed by atoms with Gasteiger partial charge in [-0.05, 0) is 42.0 Å². The van der Waals surface area contributed by atoms with E-state index in [1.807, 2.05) is 24.3 Å². The standard InChI is InChI=1S/C21H17Cl2N5O2/c22-16-4-1-3-15(11-16)13-27-10-8-20(26-27)24-21(29)19-7-9-28(25-19)14-30-18-6-2-5-17(23)12-18/h1-12H,13-14H2,(H,24,26,29). The lowest BCUT2D eigenvalue weighted by molar-refractivity contribution is 0.101. The lowest BCUT2D eigenvalue weighted by Gasteiger charge is -2.06. The van der Waals surface area contributed by atoms with Crippen LogP contribution in [-0.2, 0) is 13.3 Å². The molecule has 0 atom stereocenters. The third-order valence-corrected chi connectivity index (χ3v) is 4.62. The van der Waals surface area contributed by atoms with Gasteiger partial charge in [0.15, 0.2) is 18.2 Å². The molecule has 30 heavy (non-hydrogen) atoms. The summed E-state index contributed by atoms with van der Waals surface area (Å²) >= 11 is 11.9. The van der Waals surface area contributed by atoms with Crippen LogP contribution < -0.4 is 10.1 Å². The first-order valence-electron chi connectivity index (χ1n) is 9.06. The molecule has 1 amide bonds. The minimum atomic E-state index is -0.357. The van der Waals surface area contributed by atoms with Crippen LogP contribution in [0.4, 0.5) is 5.82 Å². The Hall–Kier alpha value is -3.29. The zero-order valence-corrected chi connectivity index (χ0v) is 17.2. The molecule has 0 aliphatic rings. The molecule has 0 bridgehead atoms. The highest BCUT2D eigenvalue weighted by Gasteiger charge is 2.12. The first kappa shape index (κ1) is 20.0. The molecule has 9 heteroatoms. The molecule has 2 aromatic heterocycles. The number of nitrogens with zero attached hydrogens (tertiary/aromatic N) is 4. The molecule has 2 heterocycles. The molecule has 4 rings (SSSR count).